The summed E-state index contributed by atoms with van der Waals surface area (Å²) in [6.45, 7) is 7.15. The van der Waals surface area contributed by atoms with Crippen molar-refractivity contribution in [3.63, 3.8) is 0 Å². The summed E-state index contributed by atoms with van der Waals surface area (Å²) in [7, 11) is 0. The summed E-state index contributed by atoms with van der Waals surface area (Å²) >= 11 is 0. The fourth-order valence-electron chi connectivity index (χ4n) is 2.83. The van der Waals surface area contributed by atoms with Crippen molar-refractivity contribution in [2.45, 2.75) is 39.5 Å². The number of ether oxygens (including phenoxy) is 1. The fourth-order valence-corrected chi connectivity index (χ4v) is 2.83. The van der Waals surface area contributed by atoms with Crippen molar-refractivity contribution in [1.82, 2.24) is 15.6 Å². The van der Waals surface area contributed by atoms with Gasteiger partial charge in [0.25, 0.3) is 5.91 Å². The highest BCUT2D eigenvalue weighted by Gasteiger charge is 2.10. The predicted molar refractivity (Wildman–Crippen MR) is 120 cm³/mol. The van der Waals surface area contributed by atoms with E-state index in [0.29, 0.717) is 23.9 Å². The van der Waals surface area contributed by atoms with E-state index >= 15 is 0 Å². The zero-order chi connectivity index (χ0) is 21.3. The maximum atomic E-state index is 12.3. The fraction of sp³-hybridized carbons (Fsp3) is 0.292. The van der Waals surface area contributed by atoms with Crippen LogP contribution in [0.25, 0.3) is 11.3 Å². The SMILES string of the molecule is CCCCOc1ccc(-c2cc(C(=O)NN=Cc3ccc(C(C)C)cc3)[nH]n2)cc1. The number of hydrogen-bond acceptors (Lipinski definition) is 4. The quantitative estimate of drug-likeness (QED) is 0.294. The van der Waals surface area contributed by atoms with Gasteiger partial charge in [0.15, 0.2) is 0 Å². The minimum absolute atomic E-state index is 0.344. The molecule has 0 aliphatic heterocycles. The summed E-state index contributed by atoms with van der Waals surface area (Å²) in [6, 6.07) is 17.5. The van der Waals surface area contributed by atoms with Gasteiger partial charge in [-0.3, -0.25) is 9.89 Å². The normalized spacial score (nSPS) is 11.2. The molecule has 3 aromatic rings. The van der Waals surface area contributed by atoms with Gasteiger partial charge in [-0.15, -0.1) is 0 Å². The molecule has 0 bridgehead atoms. The Labute approximate surface area is 177 Å². The van der Waals surface area contributed by atoms with Gasteiger partial charge in [0.05, 0.1) is 18.5 Å². The molecule has 6 nitrogen and oxygen atoms in total. The number of rotatable bonds is 9. The average molecular weight is 405 g/mol. The lowest BCUT2D eigenvalue weighted by Gasteiger charge is -2.05. The third-order valence-electron chi connectivity index (χ3n) is 4.72. The highest BCUT2D eigenvalue weighted by Crippen LogP contribution is 2.21. The summed E-state index contributed by atoms with van der Waals surface area (Å²) in [6.07, 6.45) is 3.76. The smallest absolute Gasteiger partial charge is 0.289 e. The number of hydrogen-bond donors (Lipinski definition) is 2. The molecule has 0 radical (unpaired) electrons. The van der Waals surface area contributed by atoms with E-state index < -0.39 is 0 Å². The topological polar surface area (TPSA) is 79.4 Å². The van der Waals surface area contributed by atoms with E-state index in [1.165, 1.54) is 5.56 Å². The third kappa shape index (κ3) is 5.80. The second-order valence-corrected chi connectivity index (χ2v) is 7.41. The molecular weight excluding hydrogens is 376 g/mol. The number of unbranched alkanes of at least 4 members (excludes halogenated alkanes) is 1. The molecule has 0 aliphatic carbocycles. The molecule has 0 unspecified atom stereocenters. The molecule has 30 heavy (non-hydrogen) atoms. The number of aromatic amines is 1. The first-order chi connectivity index (χ1) is 14.6. The van der Waals surface area contributed by atoms with Crippen molar-refractivity contribution < 1.29 is 9.53 Å². The molecule has 2 aromatic carbocycles. The summed E-state index contributed by atoms with van der Waals surface area (Å²) in [4.78, 5) is 12.3. The molecule has 6 heteroatoms. The van der Waals surface area contributed by atoms with Crippen LogP contribution in [-0.2, 0) is 0 Å². The second-order valence-electron chi connectivity index (χ2n) is 7.41. The molecule has 0 saturated carbocycles. The van der Waals surface area contributed by atoms with Crippen LogP contribution in [0.5, 0.6) is 5.75 Å². The Morgan fingerprint density at radius 3 is 2.57 bits per heavy atom. The molecular formula is C24H28N4O2. The van der Waals surface area contributed by atoms with E-state index in [1.807, 2.05) is 36.4 Å². The number of nitrogens with one attached hydrogen (secondary N) is 2. The number of nitrogens with zero attached hydrogens (tertiary/aromatic N) is 2. The molecule has 3 rings (SSSR count). The largest absolute Gasteiger partial charge is 0.494 e. The highest BCUT2D eigenvalue weighted by molar-refractivity contribution is 5.94. The van der Waals surface area contributed by atoms with Gasteiger partial charge in [0, 0.05) is 5.56 Å². The van der Waals surface area contributed by atoms with E-state index in [-0.39, 0.29) is 5.91 Å². The Kier molecular flexibility index (Phi) is 7.38. The lowest BCUT2D eigenvalue weighted by Crippen LogP contribution is -2.18. The number of carbonyl (C=O) groups excluding carboxylic acids is 1. The average Bonchev–Trinajstić information content (AvgIpc) is 3.25. The molecule has 0 spiro atoms. The lowest BCUT2D eigenvalue weighted by atomic mass is 10.0. The number of hydrazone groups is 1. The molecule has 0 atom stereocenters. The minimum atomic E-state index is -0.344. The first kappa shape index (κ1) is 21.3. The maximum absolute atomic E-state index is 12.3. The second kappa shape index (κ2) is 10.4. The van der Waals surface area contributed by atoms with Gasteiger partial charge in [0.1, 0.15) is 11.4 Å². The van der Waals surface area contributed by atoms with Gasteiger partial charge < -0.3 is 4.74 Å². The predicted octanol–water partition coefficient (Wildman–Crippen LogP) is 5.14. The van der Waals surface area contributed by atoms with Crippen LogP contribution < -0.4 is 10.2 Å². The zero-order valence-corrected chi connectivity index (χ0v) is 17.7. The highest BCUT2D eigenvalue weighted by atomic mass is 16.5. The van der Waals surface area contributed by atoms with Crippen LogP contribution in [0, 0.1) is 0 Å². The van der Waals surface area contributed by atoms with Crippen LogP contribution in [0.1, 0.15) is 61.1 Å². The molecule has 0 fully saturated rings. The van der Waals surface area contributed by atoms with Crippen molar-refractivity contribution in [3.05, 3.63) is 71.4 Å². The number of benzene rings is 2. The van der Waals surface area contributed by atoms with Crippen LogP contribution in [0.3, 0.4) is 0 Å². The van der Waals surface area contributed by atoms with Crippen LogP contribution in [0.4, 0.5) is 0 Å². The van der Waals surface area contributed by atoms with Crippen molar-refractivity contribution in [3.8, 4) is 17.0 Å². The van der Waals surface area contributed by atoms with Crippen LogP contribution in [-0.4, -0.2) is 28.9 Å². The van der Waals surface area contributed by atoms with Crippen molar-refractivity contribution >= 4 is 12.1 Å². The zero-order valence-electron chi connectivity index (χ0n) is 17.7. The Morgan fingerprint density at radius 2 is 1.90 bits per heavy atom. The van der Waals surface area contributed by atoms with Gasteiger partial charge >= 0.3 is 0 Å². The number of H-pyrrole nitrogens is 1. The molecule has 1 amide bonds. The Bertz CT molecular complexity index is 973. The molecule has 1 heterocycles. The Balaban J connectivity index is 1.56. The Morgan fingerprint density at radius 1 is 1.17 bits per heavy atom. The third-order valence-corrected chi connectivity index (χ3v) is 4.72. The number of amides is 1. The standard InChI is InChI=1S/C24H28N4O2/c1-4-5-14-30-21-12-10-20(11-13-21)22-15-23(27-26-22)24(29)28-25-16-18-6-8-19(9-7-18)17(2)3/h6-13,15-17H,4-5,14H2,1-3H3,(H,26,27)(H,28,29). The van der Waals surface area contributed by atoms with Gasteiger partial charge in [-0.2, -0.15) is 10.2 Å². The van der Waals surface area contributed by atoms with E-state index in [2.05, 4.69) is 53.6 Å². The molecule has 1 aromatic heterocycles. The van der Waals surface area contributed by atoms with Crippen molar-refractivity contribution in [2.75, 3.05) is 6.61 Å². The minimum Gasteiger partial charge on any atom is -0.494 e. The van der Waals surface area contributed by atoms with Crippen LogP contribution in [0.2, 0.25) is 0 Å². The molecule has 156 valence electrons. The first-order valence-corrected chi connectivity index (χ1v) is 10.3. The Hall–Kier alpha value is -3.41. The van der Waals surface area contributed by atoms with Gasteiger partial charge in [0.2, 0.25) is 0 Å². The van der Waals surface area contributed by atoms with Gasteiger partial charge in [-0.25, -0.2) is 5.43 Å². The molecule has 2 N–H and O–H groups in total. The van der Waals surface area contributed by atoms with E-state index in [9.17, 15) is 4.79 Å². The summed E-state index contributed by atoms with van der Waals surface area (Å²) in [5.74, 6) is 0.967. The van der Waals surface area contributed by atoms with Crippen molar-refractivity contribution in [2.24, 2.45) is 5.10 Å². The van der Waals surface area contributed by atoms with E-state index in [4.69, 9.17) is 4.74 Å². The van der Waals surface area contributed by atoms with Crippen LogP contribution in [0.15, 0.2) is 59.7 Å². The summed E-state index contributed by atoms with van der Waals surface area (Å²) in [5, 5.41) is 11.0. The summed E-state index contributed by atoms with van der Waals surface area (Å²) < 4.78 is 5.67. The van der Waals surface area contributed by atoms with E-state index in [1.54, 1.807) is 12.3 Å². The number of carbonyl (C=O) groups is 1. The summed E-state index contributed by atoms with van der Waals surface area (Å²) in [5.41, 5.74) is 6.66. The van der Waals surface area contributed by atoms with Gasteiger partial charge in [-0.1, -0.05) is 51.5 Å². The molecule has 0 saturated heterocycles. The molecule has 0 aliphatic rings. The lowest BCUT2D eigenvalue weighted by molar-refractivity contribution is 0.0950. The van der Waals surface area contributed by atoms with Gasteiger partial charge in [-0.05, 0) is 53.8 Å². The monoisotopic (exact) mass is 404 g/mol. The van der Waals surface area contributed by atoms with Crippen LogP contribution >= 0.6 is 0 Å². The van der Waals surface area contributed by atoms with E-state index in [0.717, 1.165) is 29.7 Å². The first-order valence-electron chi connectivity index (χ1n) is 10.3. The van der Waals surface area contributed by atoms with Crippen molar-refractivity contribution in [1.29, 1.82) is 0 Å². The number of aromatic nitrogens is 2. The maximum Gasteiger partial charge on any atom is 0.289 e.